The average molecular weight is 368 g/mol. The van der Waals surface area contributed by atoms with Crippen LogP contribution in [-0.4, -0.2) is 22.1 Å². The first-order valence-corrected chi connectivity index (χ1v) is 8.98. The van der Waals surface area contributed by atoms with Crippen LogP contribution >= 0.6 is 11.6 Å². The Labute approximate surface area is 156 Å². The predicted molar refractivity (Wildman–Crippen MR) is 100 cm³/mol. The molecule has 4 rings (SSSR count). The minimum absolute atomic E-state index is 0.0740. The van der Waals surface area contributed by atoms with Crippen molar-refractivity contribution in [2.24, 2.45) is 0 Å². The number of fused-ring (bicyclic) bond motifs is 1. The van der Waals surface area contributed by atoms with Gasteiger partial charge in [-0.2, -0.15) is 4.98 Å². The molecule has 0 radical (unpaired) electrons. The number of rotatable bonds is 4. The zero-order valence-electron chi connectivity index (χ0n) is 14.4. The van der Waals surface area contributed by atoms with Crippen molar-refractivity contribution in [1.29, 1.82) is 0 Å². The van der Waals surface area contributed by atoms with Crippen molar-refractivity contribution in [3.63, 3.8) is 0 Å². The minimum Gasteiger partial charge on any atom is -0.339 e. The standard InChI is InChI=1S/C20H18ClN3O2/c1-13-11-14-5-2-3-8-17(14)24(13)19(25)10-9-18-22-20(23-26-18)15-6-4-7-16(21)12-15/h2-8,12-13H,9-11H2,1H3/t13-/m0/s1. The van der Waals surface area contributed by atoms with E-state index in [2.05, 4.69) is 23.1 Å². The summed E-state index contributed by atoms with van der Waals surface area (Å²) in [6, 6.07) is 15.5. The summed E-state index contributed by atoms with van der Waals surface area (Å²) in [7, 11) is 0. The number of para-hydroxylation sites is 1. The Morgan fingerprint density at radius 2 is 2.12 bits per heavy atom. The Morgan fingerprint density at radius 3 is 2.96 bits per heavy atom. The minimum atomic E-state index is 0.0740. The lowest BCUT2D eigenvalue weighted by molar-refractivity contribution is -0.118. The maximum atomic E-state index is 12.7. The molecule has 0 N–H and O–H groups in total. The van der Waals surface area contributed by atoms with E-state index in [4.69, 9.17) is 16.1 Å². The second kappa shape index (κ2) is 6.92. The summed E-state index contributed by atoms with van der Waals surface area (Å²) in [5.74, 6) is 1.01. The highest BCUT2D eigenvalue weighted by molar-refractivity contribution is 6.30. The lowest BCUT2D eigenvalue weighted by atomic mass is 10.1. The molecule has 0 bridgehead atoms. The number of aromatic nitrogens is 2. The molecule has 1 aromatic heterocycles. The highest BCUT2D eigenvalue weighted by Crippen LogP contribution is 2.32. The third-order valence-electron chi connectivity index (χ3n) is 4.58. The molecule has 6 heteroatoms. The van der Waals surface area contributed by atoms with Gasteiger partial charge in [0.25, 0.3) is 0 Å². The van der Waals surface area contributed by atoms with E-state index in [9.17, 15) is 4.79 Å². The van der Waals surface area contributed by atoms with Crippen molar-refractivity contribution in [2.45, 2.75) is 32.2 Å². The van der Waals surface area contributed by atoms with Gasteiger partial charge in [-0.15, -0.1) is 0 Å². The number of benzene rings is 2. The van der Waals surface area contributed by atoms with E-state index >= 15 is 0 Å². The molecule has 1 amide bonds. The lowest BCUT2D eigenvalue weighted by Gasteiger charge is -2.22. The maximum absolute atomic E-state index is 12.7. The highest BCUT2D eigenvalue weighted by Gasteiger charge is 2.30. The number of carbonyl (C=O) groups excluding carboxylic acids is 1. The van der Waals surface area contributed by atoms with Gasteiger partial charge < -0.3 is 9.42 Å². The van der Waals surface area contributed by atoms with Crippen LogP contribution in [0, 0.1) is 0 Å². The van der Waals surface area contributed by atoms with Gasteiger partial charge in [-0.1, -0.05) is 47.1 Å². The largest absolute Gasteiger partial charge is 0.339 e. The van der Waals surface area contributed by atoms with E-state index in [1.54, 1.807) is 12.1 Å². The number of aryl methyl sites for hydroxylation is 1. The third kappa shape index (κ3) is 3.22. The van der Waals surface area contributed by atoms with Gasteiger partial charge in [0.2, 0.25) is 17.6 Å². The Kier molecular flexibility index (Phi) is 4.47. The molecule has 5 nitrogen and oxygen atoms in total. The van der Waals surface area contributed by atoms with Crippen LogP contribution in [0.15, 0.2) is 53.1 Å². The molecule has 0 fully saturated rings. The SMILES string of the molecule is C[C@H]1Cc2ccccc2N1C(=O)CCc1nc(-c2cccc(Cl)c2)no1. The van der Waals surface area contributed by atoms with Crippen molar-refractivity contribution in [2.75, 3.05) is 4.90 Å². The fourth-order valence-corrected chi connectivity index (χ4v) is 3.57. The van der Waals surface area contributed by atoms with Gasteiger partial charge in [-0.05, 0) is 37.1 Å². The molecular weight excluding hydrogens is 350 g/mol. The summed E-state index contributed by atoms with van der Waals surface area (Å²) in [6.07, 6.45) is 1.63. The fourth-order valence-electron chi connectivity index (χ4n) is 3.38. The van der Waals surface area contributed by atoms with E-state index in [-0.39, 0.29) is 11.9 Å². The Balaban J connectivity index is 1.44. The molecule has 1 atom stereocenters. The highest BCUT2D eigenvalue weighted by atomic mass is 35.5. The zero-order valence-corrected chi connectivity index (χ0v) is 15.1. The number of hydrogen-bond donors (Lipinski definition) is 0. The summed E-state index contributed by atoms with van der Waals surface area (Å²) in [5.41, 5.74) is 3.02. The molecule has 2 aromatic carbocycles. The normalized spacial score (nSPS) is 15.9. The topological polar surface area (TPSA) is 59.2 Å². The molecule has 0 spiro atoms. The maximum Gasteiger partial charge on any atom is 0.227 e. The van der Waals surface area contributed by atoms with Crippen molar-refractivity contribution in [3.05, 3.63) is 65.0 Å². The zero-order chi connectivity index (χ0) is 18.1. The quantitative estimate of drug-likeness (QED) is 0.689. The second-order valence-corrected chi connectivity index (χ2v) is 6.90. The molecule has 1 aliphatic heterocycles. The van der Waals surface area contributed by atoms with Crippen molar-refractivity contribution in [3.8, 4) is 11.4 Å². The van der Waals surface area contributed by atoms with Crippen molar-refractivity contribution < 1.29 is 9.32 Å². The summed E-state index contributed by atoms with van der Waals surface area (Å²) in [5, 5.41) is 4.60. The summed E-state index contributed by atoms with van der Waals surface area (Å²) in [4.78, 5) is 19.0. The van der Waals surface area contributed by atoms with E-state index < -0.39 is 0 Å². The van der Waals surface area contributed by atoms with Gasteiger partial charge in [0.1, 0.15) is 0 Å². The van der Waals surface area contributed by atoms with Gasteiger partial charge >= 0.3 is 0 Å². The van der Waals surface area contributed by atoms with Crippen LogP contribution in [-0.2, 0) is 17.6 Å². The molecule has 0 saturated heterocycles. The Hall–Kier alpha value is -2.66. The van der Waals surface area contributed by atoms with E-state index in [1.165, 1.54) is 5.56 Å². The van der Waals surface area contributed by atoms with Gasteiger partial charge in [-0.3, -0.25) is 4.79 Å². The molecule has 2 heterocycles. The van der Waals surface area contributed by atoms with Gasteiger partial charge in [0.05, 0.1) is 0 Å². The van der Waals surface area contributed by atoms with Gasteiger partial charge in [0.15, 0.2) is 0 Å². The van der Waals surface area contributed by atoms with Crippen LogP contribution in [0.25, 0.3) is 11.4 Å². The number of carbonyl (C=O) groups is 1. The molecular formula is C20H18ClN3O2. The molecule has 26 heavy (non-hydrogen) atoms. The molecule has 0 unspecified atom stereocenters. The average Bonchev–Trinajstić information content (AvgIpc) is 3.23. The predicted octanol–water partition coefficient (Wildman–Crippen LogP) is 4.30. The van der Waals surface area contributed by atoms with Crippen LogP contribution in [0.5, 0.6) is 0 Å². The van der Waals surface area contributed by atoms with Crippen LogP contribution < -0.4 is 4.90 Å². The molecule has 132 valence electrons. The van der Waals surface area contributed by atoms with Crippen molar-refractivity contribution >= 4 is 23.2 Å². The van der Waals surface area contributed by atoms with Crippen LogP contribution in [0.3, 0.4) is 0 Å². The Bertz CT molecular complexity index is 953. The monoisotopic (exact) mass is 367 g/mol. The summed E-state index contributed by atoms with van der Waals surface area (Å²) < 4.78 is 5.29. The van der Waals surface area contributed by atoms with Crippen LogP contribution in [0.1, 0.15) is 24.8 Å². The van der Waals surface area contributed by atoms with E-state index in [0.29, 0.717) is 29.6 Å². The molecule has 3 aromatic rings. The van der Waals surface area contributed by atoms with Gasteiger partial charge in [0, 0.05) is 35.2 Å². The number of amides is 1. The number of halogens is 1. The molecule has 1 aliphatic rings. The second-order valence-electron chi connectivity index (χ2n) is 6.47. The smallest absolute Gasteiger partial charge is 0.227 e. The first-order valence-electron chi connectivity index (χ1n) is 8.60. The lowest BCUT2D eigenvalue weighted by Crippen LogP contribution is -2.35. The van der Waals surface area contributed by atoms with Crippen LogP contribution in [0.4, 0.5) is 5.69 Å². The van der Waals surface area contributed by atoms with E-state index in [0.717, 1.165) is 17.7 Å². The summed E-state index contributed by atoms with van der Waals surface area (Å²) in [6.45, 7) is 2.07. The van der Waals surface area contributed by atoms with E-state index in [1.807, 2.05) is 35.2 Å². The number of hydrogen-bond acceptors (Lipinski definition) is 4. The molecule has 0 saturated carbocycles. The van der Waals surface area contributed by atoms with Crippen molar-refractivity contribution in [1.82, 2.24) is 10.1 Å². The number of nitrogens with zero attached hydrogens (tertiary/aromatic N) is 3. The first-order chi connectivity index (χ1) is 12.6. The Morgan fingerprint density at radius 1 is 1.27 bits per heavy atom. The fraction of sp³-hybridized carbons (Fsp3) is 0.250. The molecule has 0 aliphatic carbocycles. The third-order valence-corrected chi connectivity index (χ3v) is 4.81. The first kappa shape index (κ1) is 16.8. The van der Waals surface area contributed by atoms with Crippen LogP contribution in [0.2, 0.25) is 5.02 Å². The number of anilines is 1. The van der Waals surface area contributed by atoms with Gasteiger partial charge in [-0.25, -0.2) is 0 Å². The summed E-state index contributed by atoms with van der Waals surface area (Å²) >= 11 is 6.00.